The number of ether oxygens (including phenoxy) is 1. The molecule has 0 aliphatic heterocycles. The Balaban J connectivity index is 1.86. The zero-order valence-electron chi connectivity index (χ0n) is 20.4. The second-order valence-corrected chi connectivity index (χ2v) is 9.44. The van der Waals surface area contributed by atoms with E-state index in [4.69, 9.17) is 14.9 Å². The van der Waals surface area contributed by atoms with Crippen molar-refractivity contribution in [3.05, 3.63) is 58.8 Å². The van der Waals surface area contributed by atoms with Gasteiger partial charge in [0.25, 0.3) is 0 Å². The summed E-state index contributed by atoms with van der Waals surface area (Å²) >= 11 is 0.666. The lowest BCUT2D eigenvalue weighted by Gasteiger charge is -2.22. The van der Waals surface area contributed by atoms with Crippen LogP contribution in [0.4, 0.5) is 32.8 Å². The van der Waals surface area contributed by atoms with Crippen LogP contribution in [-0.4, -0.2) is 29.1 Å². The minimum absolute atomic E-state index is 0.120. The molecule has 202 valence electrons. The summed E-state index contributed by atoms with van der Waals surface area (Å²) in [5.41, 5.74) is 2.45. The van der Waals surface area contributed by atoms with Gasteiger partial charge in [0.2, 0.25) is 5.76 Å². The second-order valence-electron chi connectivity index (χ2n) is 8.39. The summed E-state index contributed by atoms with van der Waals surface area (Å²) in [6.07, 6.45) is -4.07. The number of hydrogen-bond donors (Lipinski definition) is 1. The molecule has 0 saturated heterocycles. The van der Waals surface area contributed by atoms with Crippen molar-refractivity contribution in [2.45, 2.75) is 12.7 Å². The Morgan fingerprint density at radius 1 is 1.18 bits per heavy atom. The molecule has 0 amide bonds. The summed E-state index contributed by atoms with van der Waals surface area (Å²) in [5.74, 6) is -2.51. The van der Waals surface area contributed by atoms with E-state index in [-0.39, 0.29) is 61.4 Å². The summed E-state index contributed by atoms with van der Waals surface area (Å²) < 4.78 is 84.4. The summed E-state index contributed by atoms with van der Waals surface area (Å²) in [6, 6.07) is 5.73. The van der Waals surface area contributed by atoms with Crippen LogP contribution in [0, 0.1) is 34.3 Å². The highest BCUT2D eigenvalue weighted by Crippen LogP contribution is 2.48. The van der Waals surface area contributed by atoms with Gasteiger partial charge in [-0.15, -0.1) is 11.3 Å². The van der Waals surface area contributed by atoms with Crippen LogP contribution in [-0.2, 0) is 12.7 Å². The van der Waals surface area contributed by atoms with Crippen molar-refractivity contribution in [2.24, 2.45) is 0 Å². The van der Waals surface area contributed by atoms with Crippen molar-refractivity contribution in [1.82, 2.24) is 15.0 Å². The lowest BCUT2D eigenvalue weighted by molar-refractivity contribution is -0.137. The fraction of sp³-hybridized carbons (Fsp3) is 0.160. The van der Waals surface area contributed by atoms with E-state index in [1.165, 1.54) is 19.1 Å². The van der Waals surface area contributed by atoms with Gasteiger partial charge in [0, 0.05) is 23.4 Å². The Morgan fingerprint density at radius 3 is 2.58 bits per heavy atom. The van der Waals surface area contributed by atoms with Crippen LogP contribution >= 0.6 is 11.3 Å². The number of benzene rings is 2. The smallest absolute Gasteiger partial charge is 0.417 e. The summed E-state index contributed by atoms with van der Waals surface area (Å²) in [5, 5.41) is 18.1. The van der Waals surface area contributed by atoms with Crippen molar-refractivity contribution in [3.8, 4) is 29.3 Å². The average Bonchev–Trinajstić information content (AvgIpc) is 3.51. The predicted molar refractivity (Wildman–Crippen MR) is 134 cm³/mol. The molecular weight excluding hydrogens is 557 g/mol. The summed E-state index contributed by atoms with van der Waals surface area (Å²) in [6.45, 7) is -0.141. The Kier molecular flexibility index (Phi) is 6.39. The van der Waals surface area contributed by atoms with E-state index in [0.29, 0.717) is 17.4 Å². The number of nitrogens with two attached hydrogens (primary N) is 1. The van der Waals surface area contributed by atoms with E-state index < -0.39 is 34.5 Å². The van der Waals surface area contributed by atoms with Crippen LogP contribution in [0.3, 0.4) is 0 Å². The summed E-state index contributed by atoms with van der Waals surface area (Å²) in [4.78, 5) is 13.4. The number of rotatable bonds is 5. The molecule has 0 saturated carbocycles. The maximum Gasteiger partial charge on any atom is 0.417 e. The Bertz CT molecular complexity index is 1900. The van der Waals surface area contributed by atoms with Gasteiger partial charge in [0.05, 0.1) is 29.5 Å². The third kappa shape index (κ3) is 4.17. The van der Waals surface area contributed by atoms with Crippen LogP contribution in [0.25, 0.3) is 32.1 Å². The van der Waals surface area contributed by atoms with Crippen molar-refractivity contribution >= 4 is 43.1 Å². The number of hydrogen-bond acceptors (Lipinski definition) is 10. The molecular formula is C25H14F5N7O2S. The van der Waals surface area contributed by atoms with Gasteiger partial charge in [-0.05, 0) is 17.7 Å². The molecule has 0 bridgehead atoms. The quantitative estimate of drug-likeness (QED) is 0.261. The van der Waals surface area contributed by atoms with Gasteiger partial charge >= 0.3 is 12.2 Å². The first-order chi connectivity index (χ1) is 19.0. The van der Waals surface area contributed by atoms with Crippen molar-refractivity contribution in [2.75, 3.05) is 24.8 Å². The Labute approximate surface area is 225 Å². The van der Waals surface area contributed by atoms with Crippen molar-refractivity contribution in [1.29, 1.82) is 10.5 Å². The molecule has 0 aliphatic carbocycles. The third-order valence-electron chi connectivity index (χ3n) is 6.07. The number of halogens is 5. The van der Waals surface area contributed by atoms with Crippen molar-refractivity contribution in [3.63, 3.8) is 0 Å². The minimum Gasteiger partial charge on any atom is -0.467 e. The maximum atomic E-state index is 16.3. The van der Waals surface area contributed by atoms with E-state index in [1.807, 2.05) is 0 Å². The number of fused-ring (bicyclic) bond motifs is 2. The molecule has 0 radical (unpaired) electrons. The van der Waals surface area contributed by atoms with Gasteiger partial charge in [-0.25, -0.2) is 13.8 Å². The molecule has 40 heavy (non-hydrogen) atoms. The first-order valence-electron chi connectivity index (χ1n) is 11.1. The zero-order valence-corrected chi connectivity index (χ0v) is 21.2. The molecule has 2 N–H and O–H groups in total. The van der Waals surface area contributed by atoms with Gasteiger partial charge in [0.1, 0.15) is 40.0 Å². The number of oxazole rings is 1. The molecule has 0 fully saturated rings. The normalized spacial score (nSPS) is 11.5. The van der Waals surface area contributed by atoms with E-state index in [0.717, 1.165) is 18.5 Å². The molecule has 5 rings (SSSR count). The largest absolute Gasteiger partial charge is 0.467 e. The highest BCUT2D eigenvalue weighted by molar-refractivity contribution is 7.23. The highest BCUT2D eigenvalue weighted by Gasteiger charge is 2.38. The number of aromatic nitrogens is 3. The van der Waals surface area contributed by atoms with E-state index in [1.54, 1.807) is 12.1 Å². The van der Waals surface area contributed by atoms with Gasteiger partial charge in [0.15, 0.2) is 12.2 Å². The Morgan fingerprint density at radius 2 is 1.93 bits per heavy atom. The fourth-order valence-corrected chi connectivity index (χ4v) is 5.29. The van der Waals surface area contributed by atoms with Crippen LogP contribution < -0.4 is 15.4 Å². The average molecular weight is 571 g/mol. The predicted octanol–water partition coefficient (Wildman–Crippen LogP) is 5.77. The molecule has 3 heterocycles. The minimum atomic E-state index is -5.10. The van der Waals surface area contributed by atoms with E-state index >= 15 is 4.39 Å². The molecule has 0 spiro atoms. The van der Waals surface area contributed by atoms with Gasteiger partial charge < -0.3 is 19.8 Å². The number of alkyl halides is 3. The fourth-order valence-electron chi connectivity index (χ4n) is 4.34. The molecule has 0 unspecified atom stereocenters. The van der Waals surface area contributed by atoms with Gasteiger partial charge in [-0.2, -0.15) is 33.7 Å². The molecule has 0 aliphatic rings. The summed E-state index contributed by atoms with van der Waals surface area (Å²) in [7, 11) is 2.63. The van der Waals surface area contributed by atoms with Crippen LogP contribution in [0.5, 0.6) is 6.01 Å². The number of nitrogens with zero attached hydrogens (tertiary/aromatic N) is 6. The SMILES string of the molecule is COc1nc(N(C)Cc2ncoc2C#N)c2cc(C(F)(F)F)c(-c3ccc(F)c4sc(N)c(C#N)c34)c(F)c2n1. The Hall–Kier alpha value is -5.02. The van der Waals surface area contributed by atoms with Crippen LogP contribution in [0.15, 0.2) is 29.0 Å². The number of thiophene rings is 1. The maximum absolute atomic E-state index is 16.3. The van der Waals surface area contributed by atoms with Crippen molar-refractivity contribution < 1.29 is 31.1 Å². The second kappa shape index (κ2) is 9.62. The third-order valence-corrected chi connectivity index (χ3v) is 7.10. The van der Waals surface area contributed by atoms with Gasteiger partial charge in [-0.3, -0.25) is 0 Å². The lowest BCUT2D eigenvalue weighted by atomic mass is 9.92. The molecule has 0 atom stereocenters. The lowest BCUT2D eigenvalue weighted by Crippen LogP contribution is -2.20. The van der Waals surface area contributed by atoms with E-state index in [2.05, 4.69) is 15.0 Å². The van der Waals surface area contributed by atoms with E-state index in [9.17, 15) is 28.1 Å². The first kappa shape index (κ1) is 26.6. The highest BCUT2D eigenvalue weighted by atomic mass is 32.1. The topological polar surface area (TPSA) is 138 Å². The first-order valence-corrected chi connectivity index (χ1v) is 11.9. The number of nitriles is 2. The monoisotopic (exact) mass is 571 g/mol. The number of anilines is 2. The molecule has 3 aromatic heterocycles. The zero-order chi connectivity index (χ0) is 28.9. The number of methoxy groups -OCH3 is 1. The van der Waals surface area contributed by atoms with Crippen LogP contribution in [0.2, 0.25) is 0 Å². The molecule has 5 aromatic rings. The van der Waals surface area contributed by atoms with Crippen LogP contribution in [0.1, 0.15) is 22.6 Å². The molecule has 9 nitrogen and oxygen atoms in total. The molecule has 15 heteroatoms. The molecule has 2 aromatic carbocycles. The number of nitrogen functional groups attached to an aromatic ring is 1. The standard InChI is InChI=1S/C25H14F5N7O2S/c1-37(8-15-16(7-32)39-9-34-15)23-11-5-13(25(28,29)30)18(19(27)20(11)35-24(36-23)38-2)10-3-4-14(26)21-17(10)12(6-31)22(33)40-21/h3-5,9H,8,33H2,1-2H3. The van der Waals surface area contributed by atoms with Gasteiger partial charge in [-0.1, -0.05) is 6.07 Å².